The number of nitrogens with one attached hydrogen (secondary N) is 2. The Kier molecular flexibility index (Phi) is 4.76. The molecule has 1 fully saturated rings. The molecule has 1 aliphatic carbocycles. The number of hydrogen-bond donors (Lipinski definition) is 2. The lowest BCUT2D eigenvalue weighted by atomic mass is 10.0. The first-order chi connectivity index (χ1) is 9.09. The molecule has 1 aromatic rings. The molecular formula is C13H20N2O3S. The minimum Gasteiger partial charge on any atom is -0.366 e. The normalized spacial score (nSPS) is 16.8. The van der Waals surface area contributed by atoms with Gasteiger partial charge in [0.2, 0.25) is 15.5 Å². The summed E-state index contributed by atoms with van der Waals surface area (Å²) in [5.41, 5.74) is -0.484. The summed E-state index contributed by atoms with van der Waals surface area (Å²) in [4.78, 5) is 13.9. The number of pyridine rings is 1. The second kappa shape index (κ2) is 6.34. The summed E-state index contributed by atoms with van der Waals surface area (Å²) < 4.78 is 26.3. The van der Waals surface area contributed by atoms with Crippen molar-refractivity contribution in [2.24, 2.45) is 5.92 Å². The van der Waals surface area contributed by atoms with E-state index in [-0.39, 0.29) is 4.90 Å². The van der Waals surface area contributed by atoms with Crippen molar-refractivity contribution in [1.29, 1.82) is 0 Å². The second-order valence-electron chi connectivity index (χ2n) is 5.06. The Balaban J connectivity index is 1.84. The van der Waals surface area contributed by atoms with Crippen LogP contribution >= 0.6 is 0 Å². The van der Waals surface area contributed by atoms with Crippen LogP contribution in [0.25, 0.3) is 0 Å². The molecule has 0 aromatic carbocycles. The van der Waals surface area contributed by atoms with E-state index in [2.05, 4.69) is 9.71 Å². The van der Waals surface area contributed by atoms with Gasteiger partial charge < -0.3 is 4.98 Å². The van der Waals surface area contributed by atoms with Crippen molar-refractivity contribution >= 4 is 10.0 Å². The third-order valence-electron chi connectivity index (χ3n) is 3.63. The van der Waals surface area contributed by atoms with E-state index in [0.717, 1.165) is 18.8 Å². The number of hydrogen-bond acceptors (Lipinski definition) is 3. The van der Waals surface area contributed by atoms with E-state index in [1.54, 1.807) is 0 Å². The van der Waals surface area contributed by atoms with Gasteiger partial charge >= 0.3 is 0 Å². The van der Waals surface area contributed by atoms with Gasteiger partial charge in [0.25, 0.3) is 0 Å². The molecular weight excluding hydrogens is 264 g/mol. The molecule has 106 valence electrons. The molecule has 0 aliphatic heterocycles. The highest BCUT2D eigenvalue weighted by atomic mass is 32.2. The summed E-state index contributed by atoms with van der Waals surface area (Å²) >= 11 is 0. The number of aromatic nitrogens is 1. The highest BCUT2D eigenvalue weighted by Gasteiger charge is 2.18. The Morgan fingerprint density at radius 2 is 2.05 bits per heavy atom. The van der Waals surface area contributed by atoms with Gasteiger partial charge in [-0.1, -0.05) is 25.7 Å². The van der Waals surface area contributed by atoms with Crippen molar-refractivity contribution < 1.29 is 8.42 Å². The lowest BCUT2D eigenvalue weighted by molar-refractivity contribution is 0.480. The third kappa shape index (κ3) is 3.91. The van der Waals surface area contributed by atoms with Crippen molar-refractivity contribution in [1.82, 2.24) is 9.71 Å². The highest BCUT2D eigenvalue weighted by molar-refractivity contribution is 7.89. The van der Waals surface area contributed by atoms with Crippen molar-refractivity contribution in [3.8, 4) is 0 Å². The molecule has 0 bridgehead atoms. The molecule has 1 aliphatic rings. The predicted molar refractivity (Wildman–Crippen MR) is 73.4 cm³/mol. The van der Waals surface area contributed by atoms with E-state index in [1.165, 1.54) is 44.1 Å². The lowest BCUT2D eigenvalue weighted by Crippen LogP contribution is -2.29. The van der Waals surface area contributed by atoms with Crippen LogP contribution in [-0.2, 0) is 10.0 Å². The molecule has 0 saturated heterocycles. The van der Waals surface area contributed by atoms with Gasteiger partial charge in [0.1, 0.15) is 4.90 Å². The monoisotopic (exact) mass is 284 g/mol. The van der Waals surface area contributed by atoms with Gasteiger partial charge in [-0.25, -0.2) is 13.1 Å². The Bertz CT molecular complexity index is 559. The summed E-state index contributed by atoms with van der Waals surface area (Å²) in [7, 11) is -3.68. The van der Waals surface area contributed by atoms with Crippen LogP contribution in [0.15, 0.2) is 28.2 Å². The molecule has 0 atom stereocenters. The molecule has 2 rings (SSSR count). The number of sulfonamides is 1. The summed E-state index contributed by atoms with van der Waals surface area (Å²) in [6.45, 7) is 0.396. The lowest BCUT2D eigenvalue weighted by Gasteiger charge is -2.09. The smallest absolute Gasteiger partial charge is 0.245 e. The van der Waals surface area contributed by atoms with Crippen molar-refractivity contribution in [3.05, 3.63) is 28.7 Å². The molecule has 2 N–H and O–H groups in total. The topological polar surface area (TPSA) is 79.0 Å². The molecule has 19 heavy (non-hydrogen) atoms. The number of H-pyrrole nitrogens is 1. The summed E-state index contributed by atoms with van der Waals surface area (Å²) in [6, 6.07) is 1.22. The SMILES string of the molecule is O=c1cc[nH]cc1S(=O)(=O)NCCCC1CCCC1. The molecule has 5 nitrogen and oxygen atoms in total. The van der Waals surface area contributed by atoms with E-state index in [4.69, 9.17) is 0 Å². The summed E-state index contributed by atoms with van der Waals surface area (Å²) in [6.07, 6.45) is 9.67. The minimum atomic E-state index is -3.68. The second-order valence-corrected chi connectivity index (χ2v) is 6.80. The zero-order chi connectivity index (χ0) is 13.7. The van der Waals surface area contributed by atoms with E-state index >= 15 is 0 Å². The van der Waals surface area contributed by atoms with Crippen LogP contribution in [-0.4, -0.2) is 19.9 Å². The average Bonchev–Trinajstić information content (AvgIpc) is 2.88. The van der Waals surface area contributed by atoms with Crippen LogP contribution in [0.5, 0.6) is 0 Å². The quantitative estimate of drug-likeness (QED) is 0.779. The maximum atomic E-state index is 11.9. The number of aromatic amines is 1. The zero-order valence-electron chi connectivity index (χ0n) is 10.9. The van der Waals surface area contributed by atoms with Crippen LogP contribution < -0.4 is 10.2 Å². The van der Waals surface area contributed by atoms with Gasteiger partial charge in [0, 0.05) is 25.0 Å². The maximum absolute atomic E-state index is 11.9. The molecule has 1 heterocycles. The standard InChI is InChI=1S/C13H20N2O3S/c16-12-7-9-14-10-13(12)19(17,18)15-8-3-6-11-4-1-2-5-11/h7,9-11,15H,1-6,8H2,(H,14,16). The maximum Gasteiger partial charge on any atom is 0.245 e. The van der Waals surface area contributed by atoms with E-state index < -0.39 is 15.5 Å². The summed E-state index contributed by atoms with van der Waals surface area (Å²) in [5, 5.41) is 0. The highest BCUT2D eigenvalue weighted by Crippen LogP contribution is 2.28. The van der Waals surface area contributed by atoms with Crippen molar-refractivity contribution in [2.75, 3.05) is 6.54 Å². The van der Waals surface area contributed by atoms with Crippen LogP contribution in [0.4, 0.5) is 0 Å². The van der Waals surface area contributed by atoms with Crippen LogP contribution in [0, 0.1) is 5.92 Å². The largest absolute Gasteiger partial charge is 0.366 e. The summed E-state index contributed by atoms with van der Waals surface area (Å²) in [5.74, 6) is 0.754. The number of rotatable bonds is 6. The fraction of sp³-hybridized carbons (Fsp3) is 0.615. The minimum absolute atomic E-state index is 0.212. The third-order valence-corrected chi connectivity index (χ3v) is 5.12. The van der Waals surface area contributed by atoms with Crippen molar-refractivity contribution in [3.63, 3.8) is 0 Å². The van der Waals surface area contributed by atoms with Gasteiger partial charge in [0.05, 0.1) is 0 Å². The van der Waals surface area contributed by atoms with Crippen molar-refractivity contribution in [2.45, 2.75) is 43.4 Å². The van der Waals surface area contributed by atoms with Crippen LogP contribution in [0.2, 0.25) is 0 Å². The zero-order valence-corrected chi connectivity index (χ0v) is 11.7. The molecule has 0 radical (unpaired) electrons. The van der Waals surface area contributed by atoms with E-state index in [9.17, 15) is 13.2 Å². The van der Waals surface area contributed by atoms with Crippen LogP contribution in [0.3, 0.4) is 0 Å². The average molecular weight is 284 g/mol. The molecule has 0 spiro atoms. The van der Waals surface area contributed by atoms with Crippen LogP contribution in [0.1, 0.15) is 38.5 Å². The van der Waals surface area contributed by atoms with Gasteiger partial charge in [-0.05, 0) is 18.8 Å². The fourth-order valence-corrected chi connectivity index (χ4v) is 3.71. The van der Waals surface area contributed by atoms with Gasteiger partial charge in [-0.3, -0.25) is 4.79 Å². The first kappa shape index (κ1) is 14.3. The Hall–Kier alpha value is -1.14. The molecule has 0 unspecified atom stereocenters. The molecule has 1 aromatic heterocycles. The van der Waals surface area contributed by atoms with Gasteiger partial charge in [-0.2, -0.15) is 0 Å². The Morgan fingerprint density at radius 1 is 1.32 bits per heavy atom. The fourth-order valence-electron chi connectivity index (χ4n) is 2.58. The van der Waals surface area contributed by atoms with Gasteiger partial charge in [0.15, 0.2) is 0 Å². The van der Waals surface area contributed by atoms with E-state index in [1.807, 2.05) is 0 Å². The first-order valence-electron chi connectivity index (χ1n) is 6.76. The predicted octanol–water partition coefficient (Wildman–Crippen LogP) is 1.62. The molecule has 1 saturated carbocycles. The Labute approximate surface area is 113 Å². The molecule has 0 amide bonds. The van der Waals surface area contributed by atoms with E-state index in [0.29, 0.717) is 6.54 Å². The molecule has 6 heteroatoms. The van der Waals surface area contributed by atoms with Gasteiger partial charge in [-0.15, -0.1) is 0 Å². The first-order valence-corrected chi connectivity index (χ1v) is 8.25. The Morgan fingerprint density at radius 3 is 2.74 bits per heavy atom.